The molecule has 1 aromatic carbocycles. The molecule has 0 unspecified atom stereocenters. The lowest BCUT2D eigenvalue weighted by molar-refractivity contribution is -0.137. The predicted octanol–water partition coefficient (Wildman–Crippen LogP) is 3.67. The molecular weight excluding hydrogens is 361 g/mol. The van der Waals surface area contributed by atoms with Crippen molar-refractivity contribution in [1.29, 1.82) is 0 Å². The Labute approximate surface area is 138 Å². The number of carboxylic acids is 1. The van der Waals surface area contributed by atoms with Crippen molar-refractivity contribution >= 4 is 56.5 Å². The van der Waals surface area contributed by atoms with Crippen LogP contribution in [0.2, 0.25) is 15.1 Å². The summed E-state index contributed by atoms with van der Waals surface area (Å²) in [6, 6.07) is 2.72. The van der Waals surface area contributed by atoms with Crippen molar-refractivity contribution in [3.05, 3.63) is 27.2 Å². The van der Waals surface area contributed by atoms with Gasteiger partial charge in [0.15, 0.2) is 0 Å². The van der Waals surface area contributed by atoms with Crippen LogP contribution in [0, 0.1) is 0 Å². The third-order valence-corrected chi connectivity index (χ3v) is 5.52. The second-order valence-corrected chi connectivity index (χ2v) is 7.59. The Kier molecular flexibility index (Phi) is 6.59. The number of rotatable bonds is 7. The predicted molar refractivity (Wildman–Crippen MR) is 85.1 cm³/mol. The number of hydrogen-bond acceptors (Lipinski definition) is 3. The molecule has 1 aromatic rings. The number of hydrogen-bond donors (Lipinski definition) is 1. The number of anilines is 1. The Balaban J connectivity index is 3.18. The van der Waals surface area contributed by atoms with Gasteiger partial charge >= 0.3 is 5.97 Å². The zero-order valence-electron chi connectivity index (χ0n) is 11.1. The summed E-state index contributed by atoms with van der Waals surface area (Å²) in [5.74, 6) is -1.14. The average molecular weight is 375 g/mol. The van der Waals surface area contributed by atoms with E-state index in [0.29, 0.717) is 0 Å². The van der Waals surface area contributed by atoms with Crippen LogP contribution in [0.4, 0.5) is 5.69 Å². The maximum absolute atomic E-state index is 12.2. The Hall–Kier alpha value is -0.690. The van der Waals surface area contributed by atoms with Gasteiger partial charge in [-0.3, -0.25) is 9.10 Å². The van der Waals surface area contributed by atoms with Gasteiger partial charge in [0.2, 0.25) is 10.0 Å². The third-order valence-electron chi connectivity index (χ3n) is 2.71. The van der Waals surface area contributed by atoms with E-state index in [0.717, 1.165) is 4.31 Å². The Morgan fingerprint density at radius 3 is 2.29 bits per heavy atom. The Bertz CT molecular complexity index is 634. The molecule has 0 aromatic heterocycles. The van der Waals surface area contributed by atoms with Gasteiger partial charge in [-0.1, -0.05) is 34.8 Å². The van der Waals surface area contributed by atoms with E-state index in [1.807, 2.05) is 0 Å². The molecule has 0 spiro atoms. The molecule has 0 amide bonds. The van der Waals surface area contributed by atoms with E-state index in [4.69, 9.17) is 39.9 Å². The lowest BCUT2D eigenvalue weighted by atomic mass is 10.2. The highest BCUT2D eigenvalue weighted by molar-refractivity contribution is 7.92. The molecule has 0 fully saturated rings. The van der Waals surface area contributed by atoms with Crippen LogP contribution in [0.5, 0.6) is 0 Å². The molecule has 118 valence electrons. The molecule has 0 aliphatic carbocycles. The minimum Gasteiger partial charge on any atom is -0.481 e. The van der Waals surface area contributed by atoms with Crippen LogP contribution >= 0.6 is 34.8 Å². The van der Waals surface area contributed by atoms with Gasteiger partial charge in [0.1, 0.15) is 0 Å². The van der Waals surface area contributed by atoms with Crippen molar-refractivity contribution in [2.45, 2.75) is 19.8 Å². The second kappa shape index (κ2) is 7.54. The van der Waals surface area contributed by atoms with Crippen molar-refractivity contribution in [2.75, 3.05) is 16.6 Å². The maximum atomic E-state index is 12.2. The highest BCUT2D eigenvalue weighted by Gasteiger charge is 2.23. The lowest BCUT2D eigenvalue weighted by Crippen LogP contribution is -2.33. The summed E-state index contributed by atoms with van der Waals surface area (Å²) < 4.78 is 25.4. The van der Waals surface area contributed by atoms with E-state index in [1.54, 1.807) is 0 Å². The van der Waals surface area contributed by atoms with E-state index < -0.39 is 16.0 Å². The SMILES string of the molecule is CCS(=O)(=O)N(CCCC(=O)O)c1cc(Cl)c(Cl)cc1Cl. The minimum absolute atomic E-state index is 0.000153. The first kappa shape index (κ1) is 18.4. The quantitative estimate of drug-likeness (QED) is 0.739. The second-order valence-electron chi connectivity index (χ2n) is 4.19. The van der Waals surface area contributed by atoms with Crippen LogP contribution < -0.4 is 4.31 Å². The van der Waals surface area contributed by atoms with Crippen LogP contribution in [0.15, 0.2) is 12.1 Å². The third kappa shape index (κ3) is 4.92. The molecule has 0 saturated heterocycles. The van der Waals surface area contributed by atoms with Crippen molar-refractivity contribution in [2.24, 2.45) is 0 Å². The number of benzene rings is 1. The fourth-order valence-electron chi connectivity index (χ4n) is 1.64. The zero-order chi connectivity index (χ0) is 16.2. The summed E-state index contributed by atoms with van der Waals surface area (Å²) in [6.07, 6.45) is 0.0137. The van der Waals surface area contributed by atoms with E-state index in [-0.39, 0.29) is 45.9 Å². The first-order valence-electron chi connectivity index (χ1n) is 6.05. The number of nitrogens with zero attached hydrogens (tertiary/aromatic N) is 1. The number of carbonyl (C=O) groups is 1. The van der Waals surface area contributed by atoms with E-state index >= 15 is 0 Å². The monoisotopic (exact) mass is 373 g/mol. The van der Waals surface area contributed by atoms with Crippen LogP contribution in [-0.4, -0.2) is 31.8 Å². The van der Waals surface area contributed by atoms with Crippen molar-refractivity contribution in [3.8, 4) is 0 Å². The topological polar surface area (TPSA) is 74.7 Å². The van der Waals surface area contributed by atoms with Crippen molar-refractivity contribution in [3.63, 3.8) is 0 Å². The van der Waals surface area contributed by atoms with Crippen molar-refractivity contribution < 1.29 is 18.3 Å². The fourth-order valence-corrected chi connectivity index (χ4v) is 3.51. The van der Waals surface area contributed by atoms with Crippen LogP contribution in [-0.2, 0) is 14.8 Å². The average Bonchev–Trinajstić information content (AvgIpc) is 2.39. The number of aliphatic carboxylic acids is 1. The molecule has 5 nitrogen and oxygen atoms in total. The molecule has 0 bridgehead atoms. The summed E-state index contributed by atoms with van der Waals surface area (Å²) >= 11 is 17.8. The molecule has 0 aliphatic heterocycles. The van der Waals surface area contributed by atoms with Gasteiger partial charge in [-0.2, -0.15) is 0 Å². The highest BCUT2D eigenvalue weighted by atomic mass is 35.5. The molecule has 0 radical (unpaired) electrons. The molecule has 0 atom stereocenters. The van der Waals surface area contributed by atoms with E-state index in [2.05, 4.69) is 0 Å². The standard InChI is InChI=1S/C12H14Cl3NO4S/c1-2-21(19,20)16(5-3-4-12(17)18)11-7-9(14)8(13)6-10(11)15/h6-7H,2-5H2,1H3,(H,17,18). The van der Waals surface area contributed by atoms with Gasteiger partial charge in [-0.05, 0) is 25.5 Å². The first-order valence-corrected chi connectivity index (χ1v) is 8.80. The molecule has 21 heavy (non-hydrogen) atoms. The minimum atomic E-state index is -3.61. The van der Waals surface area contributed by atoms with Crippen molar-refractivity contribution in [1.82, 2.24) is 0 Å². The summed E-state index contributed by atoms with van der Waals surface area (Å²) in [5.41, 5.74) is 0.193. The van der Waals surface area contributed by atoms with Gasteiger partial charge in [0.05, 0.1) is 26.5 Å². The molecule has 0 saturated carbocycles. The van der Waals surface area contributed by atoms with Gasteiger partial charge in [-0.25, -0.2) is 8.42 Å². The molecule has 0 aliphatic rings. The van der Waals surface area contributed by atoms with Crippen LogP contribution in [0.3, 0.4) is 0 Å². The summed E-state index contributed by atoms with van der Waals surface area (Å²) in [4.78, 5) is 10.6. The molecule has 9 heteroatoms. The normalized spacial score (nSPS) is 11.4. The first-order chi connectivity index (χ1) is 9.69. The summed E-state index contributed by atoms with van der Waals surface area (Å²) in [5, 5.41) is 9.18. The van der Waals surface area contributed by atoms with Gasteiger partial charge in [0.25, 0.3) is 0 Å². The molecule has 1 rings (SSSR count). The maximum Gasteiger partial charge on any atom is 0.303 e. The molecule has 1 N–H and O–H groups in total. The lowest BCUT2D eigenvalue weighted by Gasteiger charge is -2.25. The molecular formula is C12H14Cl3NO4S. The summed E-state index contributed by atoms with van der Waals surface area (Å²) in [6.45, 7) is 1.49. The van der Waals surface area contributed by atoms with Gasteiger partial charge in [0, 0.05) is 13.0 Å². The number of carboxylic acid groups (broad SMARTS) is 1. The zero-order valence-corrected chi connectivity index (χ0v) is 14.2. The van der Waals surface area contributed by atoms with E-state index in [1.165, 1.54) is 19.1 Å². The van der Waals surface area contributed by atoms with E-state index in [9.17, 15) is 13.2 Å². The molecule has 0 heterocycles. The largest absolute Gasteiger partial charge is 0.481 e. The van der Waals surface area contributed by atoms with Crippen LogP contribution in [0.1, 0.15) is 19.8 Å². The number of sulfonamides is 1. The van der Waals surface area contributed by atoms with Gasteiger partial charge < -0.3 is 5.11 Å². The Morgan fingerprint density at radius 1 is 1.19 bits per heavy atom. The van der Waals surface area contributed by atoms with Gasteiger partial charge in [-0.15, -0.1) is 0 Å². The van der Waals surface area contributed by atoms with Crippen LogP contribution in [0.25, 0.3) is 0 Å². The summed E-state index contributed by atoms with van der Waals surface area (Å²) in [7, 11) is -3.61. The smallest absolute Gasteiger partial charge is 0.303 e. The number of halogens is 3. The Morgan fingerprint density at radius 2 is 1.76 bits per heavy atom. The highest BCUT2D eigenvalue weighted by Crippen LogP contribution is 2.35. The fraction of sp³-hybridized carbons (Fsp3) is 0.417.